The molecule has 1 saturated heterocycles. The SMILES string of the molecule is C[C@H](NC(=O)NCc1ccc(S(C)(=O)=O)cc1)[C@@H]1CCCO1. The highest BCUT2D eigenvalue weighted by Gasteiger charge is 2.23. The molecule has 0 saturated carbocycles. The van der Waals surface area contributed by atoms with Crippen LogP contribution in [0.2, 0.25) is 0 Å². The fourth-order valence-electron chi connectivity index (χ4n) is 2.38. The largest absolute Gasteiger partial charge is 0.376 e. The van der Waals surface area contributed by atoms with Crippen molar-refractivity contribution in [1.29, 1.82) is 0 Å². The fraction of sp³-hybridized carbons (Fsp3) is 0.533. The molecule has 0 aliphatic carbocycles. The molecular weight excluding hydrogens is 304 g/mol. The number of sulfone groups is 1. The second-order valence-corrected chi connectivity index (χ2v) is 7.60. The maximum atomic E-state index is 11.8. The van der Waals surface area contributed by atoms with Crippen molar-refractivity contribution < 1.29 is 17.9 Å². The van der Waals surface area contributed by atoms with Gasteiger partial charge in [-0.15, -0.1) is 0 Å². The van der Waals surface area contributed by atoms with Crippen LogP contribution >= 0.6 is 0 Å². The van der Waals surface area contributed by atoms with Gasteiger partial charge in [0.2, 0.25) is 0 Å². The lowest BCUT2D eigenvalue weighted by molar-refractivity contribution is 0.0860. The summed E-state index contributed by atoms with van der Waals surface area (Å²) >= 11 is 0. The number of carbonyl (C=O) groups excluding carboxylic acids is 1. The van der Waals surface area contributed by atoms with Crippen molar-refractivity contribution in [2.24, 2.45) is 0 Å². The first-order valence-corrected chi connectivity index (χ1v) is 9.20. The van der Waals surface area contributed by atoms with E-state index in [1.165, 1.54) is 6.26 Å². The average molecular weight is 326 g/mol. The lowest BCUT2D eigenvalue weighted by Crippen LogP contribution is -2.45. The number of ether oxygens (including phenoxy) is 1. The van der Waals surface area contributed by atoms with Gasteiger partial charge in [-0.1, -0.05) is 12.1 Å². The Labute approximate surface area is 131 Å². The summed E-state index contributed by atoms with van der Waals surface area (Å²) in [6.45, 7) is 3.02. The van der Waals surface area contributed by atoms with Crippen LogP contribution in [-0.2, 0) is 21.1 Å². The van der Waals surface area contributed by atoms with E-state index in [0.29, 0.717) is 6.54 Å². The predicted octanol–water partition coefficient (Wildman–Crippen LogP) is 1.46. The summed E-state index contributed by atoms with van der Waals surface area (Å²) in [4.78, 5) is 12.1. The molecule has 1 aliphatic rings. The Morgan fingerprint density at radius 1 is 1.36 bits per heavy atom. The number of hydrogen-bond acceptors (Lipinski definition) is 4. The van der Waals surface area contributed by atoms with Crippen LogP contribution in [-0.4, -0.2) is 39.5 Å². The molecule has 7 heteroatoms. The molecule has 1 aromatic rings. The van der Waals surface area contributed by atoms with E-state index in [2.05, 4.69) is 10.6 Å². The molecule has 0 unspecified atom stereocenters. The highest BCUT2D eigenvalue weighted by atomic mass is 32.2. The molecule has 1 aliphatic heterocycles. The number of hydrogen-bond donors (Lipinski definition) is 2. The molecule has 0 aromatic heterocycles. The summed E-state index contributed by atoms with van der Waals surface area (Å²) in [6, 6.07) is 6.18. The van der Waals surface area contributed by atoms with Gasteiger partial charge in [-0.3, -0.25) is 0 Å². The first-order chi connectivity index (χ1) is 10.4. The van der Waals surface area contributed by atoms with E-state index in [1.54, 1.807) is 24.3 Å². The second-order valence-electron chi connectivity index (χ2n) is 5.58. The van der Waals surface area contributed by atoms with Gasteiger partial charge in [0.05, 0.1) is 17.0 Å². The molecule has 1 fully saturated rings. The van der Waals surface area contributed by atoms with Crippen LogP contribution in [0.5, 0.6) is 0 Å². The molecule has 2 atom stereocenters. The molecule has 1 aromatic carbocycles. The molecule has 6 nitrogen and oxygen atoms in total. The molecule has 2 amide bonds. The van der Waals surface area contributed by atoms with Crippen LogP contribution in [0.4, 0.5) is 4.79 Å². The fourth-order valence-corrected chi connectivity index (χ4v) is 3.01. The van der Waals surface area contributed by atoms with Crippen LogP contribution in [0.3, 0.4) is 0 Å². The first-order valence-electron chi connectivity index (χ1n) is 7.31. The van der Waals surface area contributed by atoms with E-state index in [0.717, 1.165) is 25.0 Å². The lowest BCUT2D eigenvalue weighted by Gasteiger charge is -2.20. The van der Waals surface area contributed by atoms with Crippen molar-refractivity contribution >= 4 is 15.9 Å². The van der Waals surface area contributed by atoms with E-state index in [1.807, 2.05) is 6.92 Å². The van der Waals surface area contributed by atoms with Gasteiger partial charge in [-0.25, -0.2) is 13.2 Å². The molecule has 122 valence electrons. The number of urea groups is 1. The van der Waals surface area contributed by atoms with Crippen molar-refractivity contribution in [2.45, 2.75) is 43.4 Å². The zero-order valence-electron chi connectivity index (χ0n) is 12.8. The lowest BCUT2D eigenvalue weighted by atomic mass is 10.1. The second kappa shape index (κ2) is 7.11. The summed E-state index contributed by atoms with van der Waals surface area (Å²) in [7, 11) is -3.19. The van der Waals surface area contributed by atoms with Crippen molar-refractivity contribution in [3.8, 4) is 0 Å². The minimum Gasteiger partial charge on any atom is -0.376 e. The van der Waals surface area contributed by atoms with Crippen molar-refractivity contribution in [2.75, 3.05) is 12.9 Å². The van der Waals surface area contributed by atoms with E-state index < -0.39 is 9.84 Å². The third-order valence-corrected chi connectivity index (χ3v) is 4.81. The Kier molecular flexibility index (Phi) is 5.42. The maximum Gasteiger partial charge on any atom is 0.315 e. The summed E-state index contributed by atoms with van der Waals surface area (Å²) in [5.41, 5.74) is 0.840. The minimum atomic E-state index is -3.19. The Bertz CT molecular complexity index is 607. The zero-order valence-corrected chi connectivity index (χ0v) is 13.7. The molecule has 2 rings (SSSR count). The normalized spacial score (nSPS) is 19.6. The molecular formula is C15H22N2O4S. The van der Waals surface area contributed by atoms with E-state index >= 15 is 0 Å². The van der Waals surface area contributed by atoms with Crippen LogP contribution in [0.15, 0.2) is 29.2 Å². The molecule has 22 heavy (non-hydrogen) atoms. The minimum absolute atomic E-state index is 0.0323. The van der Waals surface area contributed by atoms with Gasteiger partial charge in [0.25, 0.3) is 0 Å². The monoisotopic (exact) mass is 326 g/mol. The van der Waals surface area contributed by atoms with E-state index in [-0.39, 0.29) is 23.1 Å². The van der Waals surface area contributed by atoms with Gasteiger partial charge < -0.3 is 15.4 Å². The van der Waals surface area contributed by atoms with Crippen LogP contribution in [0.25, 0.3) is 0 Å². The van der Waals surface area contributed by atoms with Crippen molar-refractivity contribution in [3.63, 3.8) is 0 Å². The average Bonchev–Trinajstić information content (AvgIpc) is 2.99. The van der Waals surface area contributed by atoms with E-state index in [9.17, 15) is 13.2 Å². The number of rotatable bonds is 5. The zero-order chi connectivity index (χ0) is 16.2. The summed E-state index contributed by atoms with van der Waals surface area (Å²) < 4.78 is 28.3. The van der Waals surface area contributed by atoms with Gasteiger partial charge in [-0.05, 0) is 37.5 Å². The van der Waals surface area contributed by atoms with Crippen LogP contribution in [0.1, 0.15) is 25.3 Å². The Morgan fingerprint density at radius 2 is 2.05 bits per heavy atom. The Balaban J connectivity index is 1.80. The van der Waals surface area contributed by atoms with Gasteiger partial charge in [-0.2, -0.15) is 0 Å². The third kappa shape index (κ3) is 4.71. The number of amides is 2. The first kappa shape index (κ1) is 16.8. The molecule has 0 radical (unpaired) electrons. The molecule has 2 N–H and O–H groups in total. The molecule has 1 heterocycles. The van der Waals surface area contributed by atoms with Crippen molar-refractivity contribution in [3.05, 3.63) is 29.8 Å². The van der Waals surface area contributed by atoms with Gasteiger partial charge >= 0.3 is 6.03 Å². The highest BCUT2D eigenvalue weighted by molar-refractivity contribution is 7.90. The topological polar surface area (TPSA) is 84.5 Å². The Morgan fingerprint density at radius 3 is 2.59 bits per heavy atom. The number of nitrogens with one attached hydrogen (secondary N) is 2. The van der Waals surface area contributed by atoms with Gasteiger partial charge in [0.1, 0.15) is 0 Å². The number of carbonyl (C=O) groups is 1. The van der Waals surface area contributed by atoms with Gasteiger partial charge in [0, 0.05) is 19.4 Å². The molecule has 0 bridgehead atoms. The quantitative estimate of drug-likeness (QED) is 0.858. The predicted molar refractivity (Wildman–Crippen MR) is 83.4 cm³/mol. The summed E-state index contributed by atoms with van der Waals surface area (Å²) in [5, 5.41) is 5.61. The third-order valence-electron chi connectivity index (χ3n) is 3.69. The standard InChI is InChI=1S/C15H22N2O4S/c1-11(14-4-3-9-21-14)17-15(18)16-10-12-5-7-13(8-6-12)22(2,19)20/h5-8,11,14H,3-4,9-10H2,1-2H3,(H2,16,17,18)/t11-,14-/m0/s1. The van der Waals surface area contributed by atoms with Crippen molar-refractivity contribution in [1.82, 2.24) is 10.6 Å². The van der Waals surface area contributed by atoms with Crippen LogP contribution in [0, 0.1) is 0 Å². The smallest absolute Gasteiger partial charge is 0.315 e. The van der Waals surface area contributed by atoms with E-state index in [4.69, 9.17) is 4.74 Å². The Hall–Kier alpha value is -1.60. The summed E-state index contributed by atoms with van der Waals surface area (Å²) in [6.07, 6.45) is 3.25. The van der Waals surface area contributed by atoms with Gasteiger partial charge in [0.15, 0.2) is 9.84 Å². The summed E-state index contributed by atoms with van der Waals surface area (Å²) in [5.74, 6) is 0. The molecule has 0 spiro atoms. The number of benzene rings is 1. The van der Waals surface area contributed by atoms with Crippen LogP contribution < -0.4 is 10.6 Å². The maximum absolute atomic E-state index is 11.8. The highest BCUT2D eigenvalue weighted by Crippen LogP contribution is 2.15.